The fourth-order valence-corrected chi connectivity index (χ4v) is 5.51. The van der Waals surface area contributed by atoms with Gasteiger partial charge in [0.2, 0.25) is 11.8 Å². The molecule has 0 bridgehead atoms. The number of nitrogens with one attached hydrogen (secondary N) is 2. The van der Waals surface area contributed by atoms with Crippen LogP contribution in [0.1, 0.15) is 47.3 Å². The van der Waals surface area contributed by atoms with E-state index in [1.165, 1.54) is 16.9 Å². The van der Waals surface area contributed by atoms with Crippen molar-refractivity contribution in [1.29, 1.82) is 0 Å². The molecule has 0 radical (unpaired) electrons. The van der Waals surface area contributed by atoms with Crippen LogP contribution in [-0.4, -0.2) is 64.2 Å². The monoisotopic (exact) mass is 531 g/mol. The summed E-state index contributed by atoms with van der Waals surface area (Å²) in [6.07, 6.45) is 3.85. The van der Waals surface area contributed by atoms with E-state index in [9.17, 15) is 14.4 Å². The molecule has 198 valence electrons. The molecule has 0 unspecified atom stereocenters. The van der Waals surface area contributed by atoms with Gasteiger partial charge in [-0.3, -0.25) is 19.3 Å². The molecule has 2 N–H and O–H groups in total. The lowest BCUT2D eigenvalue weighted by Gasteiger charge is -2.32. The number of hydrogen-bond donors (Lipinski definition) is 2. The first-order valence-corrected chi connectivity index (χ1v) is 14.1. The van der Waals surface area contributed by atoms with Gasteiger partial charge < -0.3 is 15.5 Å². The summed E-state index contributed by atoms with van der Waals surface area (Å²) >= 11 is 1.29. The number of rotatable bonds is 10. The molecule has 2 aliphatic rings. The highest BCUT2D eigenvalue weighted by atomic mass is 32.1. The Balaban J connectivity index is 1.05. The molecule has 1 saturated heterocycles. The van der Waals surface area contributed by atoms with Crippen molar-refractivity contribution in [3.8, 4) is 0 Å². The van der Waals surface area contributed by atoms with Crippen molar-refractivity contribution in [2.45, 2.75) is 50.7 Å². The third-order valence-electron chi connectivity index (χ3n) is 6.92. The van der Waals surface area contributed by atoms with Crippen molar-refractivity contribution in [3.05, 3.63) is 82.9 Å². The van der Waals surface area contributed by atoms with Gasteiger partial charge in [0, 0.05) is 42.7 Å². The Morgan fingerprint density at radius 1 is 0.921 bits per heavy atom. The smallest absolute Gasteiger partial charge is 0.254 e. The number of aromatic nitrogens is 1. The predicted molar refractivity (Wildman–Crippen MR) is 148 cm³/mol. The van der Waals surface area contributed by atoms with Crippen LogP contribution < -0.4 is 10.6 Å². The quantitative estimate of drug-likeness (QED) is 0.416. The number of carbonyl (C=O) groups is 3. The fourth-order valence-electron chi connectivity index (χ4n) is 4.78. The van der Waals surface area contributed by atoms with Crippen LogP contribution in [0, 0.1) is 0 Å². The van der Waals surface area contributed by atoms with E-state index in [-0.39, 0.29) is 42.8 Å². The van der Waals surface area contributed by atoms with Gasteiger partial charge in [0.1, 0.15) is 6.54 Å². The first-order chi connectivity index (χ1) is 18.5. The van der Waals surface area contributed by atoms with Gasteiger partial charge in [0.15, 0.2) is 5.13 Å². The molecule has 38 heavy (non-hydrogen) atoms. The van der Waals surface area contributed by atoms with Crippen LogP contribution in [0.3, 0.4) is 0 Å². The number of nitrogens with zero attached hydrogens (tertiary/aromatic N) is 3. The van der Waals surface area contributed by atoms with Crippen LogP contribution in [0.4, 0.5) is 5.13 Å². The highest BCUT2D eigenvalue weighted by Gasteiger charge is 2.34. The maximum absolute atomic E-state index is 12.9. The van der Waals surface area contributed by atoms with E-state index in [1.807, 2.05) is 24.3 Å². The summed E-state index contributed by atoms with van der Waals surface area (Å²) < 4.78 is 0. The van der Waals surface area contributed by atoms with E-state index in [0.717, 1.165) is 45.3 Å². The minimum Gasteiger partial charge on any atom is -0.353 e. The van der Waals surface area contributed by atoms with Gasteiger partial charge >= 0.3 is 0 Å². The molecule has 1 aliphatic heterocycles. The summed E-state index contributed by atoms with van der Waals surface area (Å²) in [6, 6.07) is 19.8. The van der Waals surface area contributed by atoms with Crippen LogP contribution in [0.25, 0.3) is 0 Å². The average molecular weight is 532 g/mol. The summed E-state index contributed by atoms with van der Waals surface area (Å²) in [5.41, 5.74) is 2.52. The van der Waals surface area contributed by atoms with Gasteiger partial charge in [-0.1, -0.05) is 48.5 Å². The summed E-state index contributed by atoms with van der Waals surface area (Å²) in [5, 5.41) is 8.18. The van der Waals surface area contributed by atoms with Crippen molar-refractivity contribution in [3.63, 3.8) is 0 Å². The first-order valence-electron chi connectivity index (χ1n) is 13.2. The van der Waals surface area contributed by atoms with E-state index in [1.54, 1.807) is 22.4 Å². The molecule has 8 nitrogen and oxygen atoms in total. The van der Waals surface area contributed by atoms with Crippen LogP contribution in [0.5, 0.6) is 0 Å². The van der Waals surface area contributed by atoms with Crippen LogP contribution in [0.2, 0.25) is 0 Å². The number of thiazole rings is 1. The van der Waals surface area contributed by atoms with Gasteiger partial charge in [-0.15, -0.1) is 11.3 Å². The predicted octanol–water partition coefficient (Wildman–Crippen LogP) is 3.71. The lowest BCUT2D eigenvalue weighted by molar-refractivity contribution is -0.121. The van der Waals surface area contributed by atoms with Crippen molar-refractivity contribution in [2.24, 2.45) is 0 Å². The maximum atomic E-state index is 12.9. The number of amides is 3. The molecule has 1 aliphatic carbocycles. The van der Waals surface area contributed by atoms with Crippen molar-refractivity contribution in [1.82, 2.24) is 20.1 Å². The number of anilines is 1. The summed E-state index contributed by atoms with van der Waals surface area (Å²) in [4.78, 5) is 46.7. The standard InChI is InChI=1S/C29H33N5O3S/c35-26(30-23-13-15-33(16-14-23)18-21-7-3-1-4-8-21)17-24-20-38-29(31-24)32-27(36)19-34(25-11-12-25)28(37)22-9-5-2-6-10-22/h1-10,20,23,25H,11-19H2,(H,30,35)(H,31,32,36). The zero-order chi connectivity index (χ0) is 26.3. The highest BCUT2D eigenvalue weighted by Crippen LogP contribution is 2.28. The maximum Gasteiger partial charge on any atom is 0.254 e. The number of likely N-dealkylation sites (tertiary alicyclic amines) is 1. The van der Waals surface area contributed by atoms with Crippen LogP contribution in [0.15, 0.2) is 66.0 Å². The zero-order valence-electron chi connectivity index (χ0n) is 21.3. The molecule has 2 heterocycles. The van der Waals surface area contributed by atoms with E-state index in [4.69, 9.17) is 0 Å². The van der Waals surface area contributed by atoms with Crippen molar-refractivity contribution < 1.29 is 14.4 Å². The second kappa shape index (κ2) is 12.3. The lowest BCUT2D eigenvalue weighted by atomic mass is 10.0. The Morgan fingerprint density at radius 2 is 1.61 bits per heavy atom. The SMILES string of the molecule is O=C(CN(C(=O)c1ccccc1)C1CC1)Nc1nc(CC(=O)NC2CCN(Cc3ccccc3)CC2)cs1. The molecule has 3 amide bonds. The average Bonchev–Trinajstić information content (AvgIpc) is 3.69. The molecule has 5 rings (SSSR count). The molecule has 3 aromatic rings. The second-order valence-electron chi connectivity index (χ2n) is 10.0. The normalized spacial score (nSPS) is 16.1. The summed E-state index contributed by atoms with van der Waals surface area (Å²) in [5.74, 6) is -0.470. The molecule has 0 spiro atoms. The topological polar surface area (TPSA) is 94.6 Å². The number of carbonyl (C=O) groups excluding carboxylic acids is 3. The third-order valence-corrected chi connectivity index (χ3v) is 7.73. The Kier molecular flexibility index (Phi) is 8.45. The molecular formula is C29H33N5O3S. The van der Waals surface area contributed by atoms with Gasteiger partial charge in [-0.25, -0.2) is 4.98 Å². The van der Waals surface area contributed by atoms with Gasteiger partial charge in [-0.2, -0.15) is 0 Å². The Hall–Kier alpha value is -3.56. The number of benzene rings is 2. The van der Waals surface area contributed by atoms with E-state index < -0.39 is 0 Å². The minimum atomic E-state index is -0.284. The lowest BCUT2D eigenvalue weighted by Crippen LogP contribution is -2.44. The first kappa shape index (κ1) is 26.1. The number of piperidine rings is 1. The van der Waals surface area contributed by atoms with Crippen molar-refractivity contribution in [2.75, 3.05) is 25.0 Å². The molecule has 0 atom stereocenters. The Bertz CT molecular complexity index is 1240. The van der Waals surface area contributed by atoms with Gasteiger partial charge in [0.25, 0.3) is 5.91 Å². The molecule has 1 aromatic heterocycles. The fraction of sp³-hybridized carbons (Fsp3) is 0.379. The van der Waals surface area contributed by atoms with E-state index in [0.29, 0.717) is 16.4 Å². The molecule has 2 fully saturated rings. The van der Waals surface area contributed by atoms with E-state index >= 15 is 0 Å². The summed E-state index contributed by atoms with van der Waals surface area (Å²) in [7, 11) is 0. The van der Waals surface area contributed by atoms with E-state index in [2.05, 4.69) is 44.8 Å². The van der Waals surface area contributed by atoms with Crippen molar-refractivity contribution >= 4 is 34.2 Å². The van der Waals surface area contributed by atoms with Gasteiger partial charge in [0.05, 0.1) is 12.1 Å². The minimum absolute atomic E-state index is 0.0171. The molecule has 2 aromatic carbocycles. The number of hydrogen-bond acceptors (Lipinski definition) is 6. The Labute approximate surface area is 227 Å². The Morgan fingerprint density at radius 3 is 2.29 bits per heavy atom. The zero-order valence-corrected chi connectivity index (χ0v) is 22.2. The third kappa shape index (κ3) is 7.26. The molecule has 1 saturated carbocycles. The molecular weight excluding hydrogens is 498 g/mol. The molecule has 9 heteroatoms. The summed E-state index contributed by atoms with van der Waals surface area (Å²) in [6.45, 7) is 2.83. The van der Waals surface area contributed by atoms with Crippen LogP contribution >= 0.6 is 11.3 Å². The highest BCUT2D eigenvalue weighted by molar-refractivity contribution is 7.13. The van der Waals surface area contributed by atoms with Crippen LogP contribution in [-0.2, 0) is 22.6 Å². The second-order valence-corrected chi connectivity index (χ2v) is 10.9. The largest absolute Gasteiger partial charge is 0.353 e. The van der Waals surface area contributed by atoms with Gasteiger partial charge in [-0.05, 0) is 43.4 Å².